The van der Waals surface area contributed by atoms with Crippen LogP contribution in [0.2, 0.25) is 0 Å². The summed E-state index contributed by atoms with van der Waals surface area (Å²) < 4.78 is 37.9. The summed E-state index contributed by atoms with van der Waals surface area (Å²) in [5, 5.41) is 2.33. The largest absolute Gasteiger partial charge is 0.489 e. The fraction of sp³-hybridized carbons (Fsp3) is 0.667. The molecule has 1 aromatic rings. The fourth-order valence-electron chi connectivity index (χ4n) is 6.05. The van der Waals surface area contributed by atoms with Gasteiger partial charge >= 0.3 is 0 Å². The number of hydrogen-bond acceptors (Lipinski definition) is 6. The maximum absolute atomic E-state index is 13.0. The van der Waals surface area contributed by atoms with Crippen LogP contribution in [0.25, 0.3) is 0 Å². The molecule has 8 nitrogen and oxygen atoms in total. The number of carbonyl (C=O) groups excluding carboxylic acids is 3. The Bertz CT molecular complexity index is 1010. The molecule has 3 heterocycles. The normalized spacial score (nSPS) is 26.8. The summed E-state index contributed by atoms with van der Waals surface area (Å²) in [7, 11) is 0. The van der Waals surface area contributed by atoms with E-state index in [1.807, 2.05) is 12.1 Å². The summed E-state index contributed by atoms with van der Waals surface area (Å²) in [5.41, 5.74) is 1.39. The second-order valence-corrected chi connectivity index (χ2v) is 10.5. The smallest absolute Gasteiger partial charge is 0.255 e. The molecule has 3 aliphatic heterocycles. The predicted octanol–water partition coefficient (Wildman–Crippen LogP) is 2.93. The van der Waals surface area contributed by atoms with E-state index >= 15 is 0 Å². The number of nitrogens with zero attached hydrogens (tertiary/aromatic N) is 2. The number of likely N-dealkylation sites (tertiary alicyclic amines) is 1. The van der Waals surface area contributed by atoms with Gasteiger partial charge in [-0.25, -0.2) is 0 Å². The number of fused-ring (bicyclic) bond motifs is 1. The molecule has 10 heteroatoms. The number of piperidine rings is 1. The van der Waals surface area contributed by atoms with E-state index < -0.39 is 25.3 Å². The average molecular weight is 520 g/mol. The quantitative estimate of drug-likeness (QED) is 0.479. The highest BCUT2D eigenvalue weighted by Gasteiger charge is 2.41. The van der Waals surface area contributed by atoms with Crippen LogP contribution in [0.1, 0.15) is 67.3 Å². The maximum Gasteiger partial charge on any atom is 0.255 e. The third-order valence-electron chi connectivity index (χ3n) is 8.04. The lowest BCUT2D eigenvalue weighted by Crippen LogP contribution is -2.61. The SMILES string of the molecule is O=C1CCC(N2Cc3cc(OC4CCCCC4N4CC(OC(CCF)CCF)C4)ccc3C2=O)C(=O)N1. The number of carbonyl (C=O) groups is 3. The zero-order valence-corrected chi connectivity index (χ0v) is 21.0. The lowest BCUT2D eigenvalue weighted by Gasteiger charge is -2.48. The van der Waals surface area contributed by atoms with Crippen LogP contribution < -0.4 is 10.1 Å². The van der Waals surface area contributed by atoms with Crippen molar-refractivity contribution in [2.24, 2.45) is 0 Å². The number of halogens is 2. The van der Waals surface area contributed by atoms with Gasteiger partial charge in [-0.2, -0.15) is 0 Å². The Labute approximate surface area is 215 Å². The summed E-state index contributed by atoms with van der Waals surface area (Å²) in [4.78, 5) is 40.6. The number of hydrogen-bond donors (Lipinski definition) is 1. The molecule has 3 atom stereocenters. The topological polar surface area (TPSA) is 88.2 Å². The van der Waals surface area contributed by atoms with E-state index in [0.717, 1.165) is 44.3 Å². The lowest BCUT2D eigenvalue weighted by molar-refractivity contribution is -0.136. The van der Waals surface area contributed by atoms with Crippen molar-refractivity contribution in [2.45, 2.75) is 88.3 Å². The molecule has 3 amide bonds. The van der Waals surface area contributed by atoms with Gasteiger partial charge in [-0.3, -0.25) is 33.4 Å². The van der Waals surface area contributed by atoms with Crippen LogP contribution in [0, 0.1) is 0 Å². The number of amides is 3. The highest BCUT2D eigenvalue weighted by Crippen LogP contribution is 2.34. The number of imide groups is 1. The van der Waals surface area contributed by atoms with Crippen molar-refractivity contribution in [3.8, 4) is 5.75 Å². The van der Waals surface area contributed by atoms with Crippen molar-refractivity contribution in [1.29, 1.82) is 0 Å². The molecule has 3 unspecified atom stereocenters. The molecule has 0 aromatic heterocycles. The van der Waals surface area contributed by atoms with E-state index in [1.165, 1.54) is 0 Å². The van der Waals surface area contributed by atoms with Crippen LogP contribution in [-0.4, -0.2) is 84.4 Å². The standard InChI is InChI=1S/C27H35F2N3O5/c28-11-9-18(10-12-29)36-20-15-31(16-20)22-3-1-2-4-24(22)37-19-5-6-21-17(13-19)14-32(27(21)35)23-7-8-25(33)30-26(23)34/h5-6,13,18,20,22-24H,1-4,7-12,14-16H2,(H,30,33,34). The molecular formula is C27H35F2N3O5. The van der Waals surface area contributed by atoms with E-state index in [2.05, 4.69) is 10.2 Å². The maximum atomic E-state index is 13.0. The van der Waals surface area contributed by atoms with E-state index in [9.17, 15) is 23.2 Å². The van der Waals surface area contributed by atoms with E-state index in [0.29, 0.717) is 24.3 Å². The van der Waals surface area contributed by atoms with Gasteiger partial charge in [0.1, 0.15) is 17.9 Å². The zero-order chi connectivity index (χ0) is 25.9. The Hall–Kier alpha value is -2.59. The van der Waals surface area contributed by atoms with Crippen molar-refractivity contribution in [3.63, 3.8) is 0 Å². The molecule has 4 aliphatic rings. The van der Waals surface area contributed by atoms with Crippen LogP contribution in [0.3, 0.4) is 0 Å². The summed E-state index contributed by atoms with van der Waals surface area (Å²) in [6.07, 6.45) is 4.81. The van der Waals surface area contributed by atoms with Crippen molar-refractivity contribution in [3.05, 3.63) is 29.3 Å². The fourth-order valence-corrected chi connectivity index (χ4v) is 6.05. The minimum absolute atomic E-state index is 0.00331. The molecule has 1 saturated carbocycles. The second kappa shape index (κ2) is 11.4. The van der Waals surface area contributed by atoms with Gasteiger partial charge < -0.3 is 14.4 Å². The first-order valence-electron chi connectivity index (χ1n) is 13.4. The molecule has 1 aliphatic carbocycles. The molecule has 37 heavy (non-hydrogen) atoms. The summed E-state index contributed by atoms with van der Waals surface area (Å²) in [6, 6.07) is 5.08. The number of ether oxygens (including phenoxy) is 2. The van der Waals surface area contributed by atoms with Crippen LogP contribution >= 0.6 is 0 Å². The summed E-state index contributed by atoms with van der Waals surface area (Å²) >= 11 is 0. The highest BCUT2D eigenvalue weighted by molar-refractivity contribution is 6.05. The molecule has 1 N–H and O–H groups in total. The predicted molar refractivity (Wildman–Crippen MR) is 131 cm³/mol. The summed E-state index contributed by atoms with van der Waals surface area (Å²) in [5.74, 6) is -0.219. The molecular weight excluding hydrogens is 484 g/mol. The lowest BCUT2D eigenvalue weighted by atomic mass is 9.89. The Morgan fingerprint density at radius 2 is 1.78 bits per heavy atom. The van der Waals surface area contributed by atoms with Gasteiger partial charge in [0.05, 0.1) is 25.6 Å². The van der Waals surface area contributed by atoms with Crippen LogP contribution in [-0.2, 0) is 20.9 Å². The third-order valence-corrected chi connectivity index (χ3v) is 8.04. The number of rotatable bonds is 10. The Morgan fingerprint density at radius 1 is 1.03 bits per heavy atom. The van der Waals surface area contributed by atoms with Crippen LogP contribution in [0.5, 0.6) is 5.75 Å². The molecule has 5 rings (SSSR count). The third kappa shape index (κ3) is 5.65. The van der Waals surface area contributed by atoms with Crippen molar-refractivity contribution >= 4 is 17.7 Å². The first-order chi connectivity index (χ1) is 18.0. The van der Waals surface area contributed by atoms with Crippen LogP contribution in [0.15, 0.2) is 18.2 Å². The van der Waals surface area contributed by atoms with Crippen molar-refractivity contribution in [1.82, 2.24) is 15.1 Å². The molecule has 202 valence electrons. The first kappa shape index (κ1) is 26.0. The second-order valence-electron chi connectivity index (χ2n) is 10.5. The number of benzene rings is 1. The van der Waals surface area contributed by atoms with E-state index in [4.69, 9.17) is 9.47 Å². The number of alkyl halides is 2. The first-order valence-corrected chi connectivity index (χ1v) is 13.4. The number of nitrogens with one attached hydrogen (secondary N) is 1. The van der Waals surface area contributed by atoms with Crippen LogP contribution in [0.4, 0.5) is 8.78 Å². The Kier molecular flexibility index (Phi) is 8.04. The monoisotopic (exact) mass is 519 g/mol. The van der Waals surface area contributed by atoms with Gasteiger partial charge in [-0.15, -0.1) is 0 Å². The van der Waals surface area contributed by atoms with Gasteiger partial charge in [0.15, 0.2) is 0 Å². The zero-order valence-electron chi connectivity index (χ0n) is 21.0. The molecule has 0 radical (unpaired) electrons. The van der Waals surface area contributed by atoms with Gasteiger partial charge in [0.25, 0.3) is 5.91 Å². The van der Waals surface area contributed by atoms with Gasteiger partial charge in [-0.1, -0.05) is 6.42 Å². The van der Waals surface area contributed by atoms with Gasteiger partial charge in [-0.05, 0) is 49.4 Å². The Balaban J connectivity index is 1.19. The van der Waals surface area contributed by atoms with Crippen molar-refractivity contribution < 1.29 is 32.6 Å². The molecule has 3 fully saturated rings. The highest BCUT2D eigenvalue weighted by atomic mass is 19.1. The minimum atomic E-state index is -0.638. The molecule has 0 bridgehead atoms. The molecule has 0 spiro atoms. The Morgan fingerprint density at radius 3 is 2.51 bits per heavy atom. The minimum Gasteiger partial charge on any atom is -0.489 e. The average Bonchev–Trinajstić information content (AvgIpc) is 3.17. The summed E-state index contributed by atoms with van der Waals surface area (Å²) in [6.45, 7) is 0.781. The van der Waals surface area contributed by atoms with E-state index in [1.54, 1.807) is 11.0 Å². The van der Waals surface area contributed by atoms with E-state index in [-0.39, 0.29) is 55.4 Å². The van der Waals surface area contributed by atoms with Gasteiger partial charge in [0, 0.05) is 50.5 Å². The molecule has 2 saturated heterocycles. The van der Waals surface area contributed by atoms with Gasteiger partial charge in [0.2, 0.25) is 11.8 Å². The van der Waals surface area contributed by atoms with Crippen molar-refractivity contribution in [2.75, 3.05) is 26.4 Å². The molecule has 1 aromatic carbocycles.